The molecule has 0 bridgehead atoms. The summed E-state index contributed by atoms with van der Waals surface area (Å²) in [6, 6.07) is 12.4. The lowest BCUT2D eigenvalue weighted by atomic mass is 10.2. The highest BCUT2D eigenvalue weighted by molar-refractivity contribution is 6.30. The van der Waals surface area contributed by atoms with Crippen molar-refractivity contribution in [1.29, 1.82) is 0 Å². The number of carbonyl (C=O) groups is 1. The van der Waals surface area contributed by atoms with Gasteiger partial charge in [-0.25, -0.2) is 10.2 Å². The van der Waals surface area contributed by atoms with Gasteiger partial charge in [-0.3, -0.25) is 9.63 Å². The van der Waals surface area contributed by atoms with Gasteiger partial charge in [0.15, 0.2) is 11.5 Å². The van der Waals surface area contributed by atoms with Gasteiger partial charge in [-0.1, -0.05) is 17.7 Å². The average molecular weight is 332 g/mol. The second-order valence-corrected chi connectivity index (χ2v) is 5.08. The van der Waals surface area contributed by atoms with Crippen LogP contribution in [-0.4, -0.2) is 22.3 Å². The predicted molar refractivity (Wildman–Crippen MR) is 85.4 cm³/mol. The molecule has 6 nitrogen and oxygen atoms in total. The topological polar surface area (TPSA) is 69.3 Å². The minimum atomic E-state index is -0.430. The van der Waals surface area contributed by atoms with Crippen molar-refractivity contribution in [2.45, 2.75) is 6.92 Å². The van der Waals surface area contributed by atoms with E-state index in [2.05, 4.69) is 10.6 Å². The van der Waals surface area contributed by atoms with Gasteiger partial charge in [-0.05, 0) is 37.3 Å². The SMILES string of the molecule is CCONC(=O)c1cc(-c2ccco2)n(-c2cccc(Cl)c2)n1. The molecule has 0 saturated carbocycles. The second kappa shape index (κ2) is 6.68. The molecule has 23 heavy (non-hydrogen) atoms. The first-order chi connectivity index (χ1) is 11.2. The Morgan fingerprint density at radius 1 is 1.35 bits per heavy atom. The fraction of sp³-hybridized carbons (Fsp3) is 0.125. The van der Waals surface area contributed by atoms with Gasteiger partial charge >= 0.3 is 0 Å². The zero-order chi connectivity index (χ0) is 16.2. The highest BCUT2D eigenvalue weighted by atomic mass is 35.5. The normalized spacial score (nSPS) is 10.7. The summed E-state index contributed by atoms with van der Waals surface area (Å²) in [5.74, 6) is 0.161. The van der Waals surface area contributed by atoms with Crippen molar-refractivity contribution in [3.63, 3.8) is 0 Å². The Labute approximate surface area is 137 Å². The van der Waals surface area contributed by atoms with Crippen molar-refractivity contribution >= 4 is 17.5 Å². The molecule has 3 aromatic rings. The molecule has 0 saturated heterocycles. The van der Waals surface area contributed by atoms with E-state index >= 15 is 0 Å². The largest absolute Gasteiger partial charge is 0.463 e. The summed E-state index contributed by atoms with van der Waals surface area (Å²) >= 11 is 6.05. The van der Waals surface area contributed by atoms with Crippen LogP contribution in [0.25, 0.3) is 17.1 Å². The van der Waals surface area contributed by atoms with Gasteiger partial charge in [-0.2, -0.15) is 5.10 Å². The van der Waals surface area contributed by atoms with Crippen LogP contribution < -0.4 is 5.48 Å². The maximum absolute atomic E-state index is 12.1. The van der Waals surface area contributed by atoms with Crippen LogP contribution in [-0.2, 0) is 4.84 Å². The second-order valence-electron chi connectivity index (χ2n) is 4.65. The zero-order valence-electron chi connectivity index (χ0n) is 12.3. The van der Waals surface area contributed by atoms with Crippen LogP contribution in [0.2, 0.25) is 5.02 Å². The number of hydrogen-bond donors (Lipinski definition) is 1. The standard InChI is InChI=1S/C16H14ClN3O3/c1-2-23-19-16(21)13-10-14(15-7-4-8-22-15)20(18-13)12-6-3-5-11(17)9-12/h3-10H,2H2,1H3,(H,19,21). The number of aromatic nitrogens is 2. The van der Waals surface area contributed by atoms with E-state index in [1.54, 1.807) is 48.2 Å². The molecule has 2 aromatic heterocycles. The maximum Gasteiger partial charge on any atom is 0.295 e. The summed E-state index contributed by atoms with van der Waals surface area (Å²) in [6.45, 7) is 2.14. The van der Waals surface area contributed by atoms with E-state index in [4.69, 9.17) is 20.9 Å². The summed E-state index contributed by atoms with van der Waals surface area (Å²) in [4.78, 5) is 17.0. The molecular formula is C16H14ClN3O3. The van der Waals surface area contributed by atoms with E-state index in [0.29, 0.717) is 23.1 Å². The Morgan fingerprint density at radius 2 is 2.22 bits per heavy atom. The van der Waals surface area contributed by atoms with Crippen molar-refractivity contribution in [2.24, 2.45) is 0 Å². The van der Waals surface area contributed by atoms with E-state index in [1.807, 2.05) is 12.1 Å². The number of halogens is 1. The minimum absolute atomic E-state index is 0.213. The third-order valence-corrected chi connectivity index (χ3v) is 3.31. The number of hydroxylamine groups is 1. The van der Waals surface area contributed by atoms with Gasteiger partial charge < -0.3 is 4.42 Å². The summed E-state index contributed by atoms with van der Waals surface area (Å²) in [5.41, 5.74) is 3.90. The van der Waals surface area contributed by atoms with Crippen LogP contribution in [0.3, 0.4) is 0 Å². The lowest BCUT2D eigenvalue weighted by Crippen LogP contribution is -2.24. The Morgan fingerprint density at radius 3 is 2.91 bits per heavy atom. The first-order valence-corrected chi connectivity index (χ1v) is 7.39. The van der Waals surface area contributed by atoms with Crippen LogP contribution >= 0.6 is 11.6 Å². The molecule has 7 heteroatoms. The van der Waals surface area contributed by atoms with Gasteiger partial charge in [0.25, 0.3) is 5.91 Å². The smallest absolute Gasteiger partial charge is 0.295 e. The molecule has 0 aliphatic carbocycles. The van der Waals surface area contributed by atoms with E-state index in [9.17, 15) is 4.79 Å². The Hall–Kier alpha value is -2.57. The van der Waals surface area contributed by atoms with Gasteiger partial charge in [-0.15, -0.1) is 0 Å². The molecule has 2 heterocycles. The number of hydrogen-bond acceptors (Lipinski definition) is 4. The molecule has 1 amide bonds. The van der Waals surface area contributed by atoms with Crippen molar-refractivity contribution in [3.05, 3.63) is 59.4 Å². The predicted octanol–water partition coefficient (Wildman–Crippen LogP) is 3.47. The van der Waals surface area contributed by atoms with Crippen molar-refractivity contribution in [3.8, 4) is 17.1 Å². The van der Waals surface area contributed by atoms with Crippen molar-refractivity contribution < 1.29 is 14.0 Å². The number of nitrogens with zero attached hydrogens (tertiary/aromatic N) is 2. The maximum atomic E-state index is 12.1. The van der Waals surface area contributed by atoms with Crippen LogP contribution in [0, 0.1) is 0 Å². The first kappa shape index (κ1) is 15.3. The van der Waals surface area contributed by atoms with Crippen LogP contribution in [0.1, 0.15) is 17.4 Å². The molecule has 0 aliphatic heterocycles. The number of benzene rings is 1. The summed E-state index contributed by atoms with van der Waals surface area (Å²) in [5, 5.41) is 4.91. The van der Waals surface area contributed by atoms with Crippen LogP contribution in [0.5, 0.6) is 0 Å². The molecule has 3 rings (SSSR count). The molecule has 0 radical (unpaired) electrons. The Bertz CT molecular complexity index is 812. The fourth-order valence-electron chi connectivity index (χ4n) is 2.09. The monoisotopic (exact) mass is 331 g/mol. The average Bonchev–Trinajstić information content (AvgIpc) is 3.21. The third kappa shape index (κ3) is 3.28. The molecule has 0 aliphatic rings. The van der Waals surface area contributed by atoms with Gasteiger partial charge in [0.1, 0.15) is 5.69 Å². The van der Waals surface area contributed by atoms with E-state index in [0.717, 1.165) is 5.69 Å². The van der Waals surface area contributed by atoms with Crippen LogP contribution in [0.4, 0.5) is 0 Å². The van der Waals surface area contributed by atoms with Crippen molar-refractivity contribution in [1.82, 2.24) is 15.3 Å². The molecule has 1 N–H and O–H groups in total. The van der Waals surface area contributed by atoms with Crippen LogP contribution in [0.15, 0.2) is 53.1 Å². The number of nitrogens with one attached hydrogen (secondary N) is 1. The number of furan rings is 1. The summed E-state index contributed by atoms with van der Waals surface area (Å²) < 4.78 is 7.03. The molecule has 0 atom stereocenters. The summed E-state index contributed by atoms with van der Waals surface area (Å²) in [6.07, 6.45) is 1.56. The first-order valence-electron chi connectivity index (χ1n) is 7.01. The third-order valence-electron chi connectivity index (χ3n) is 3.08. The van der Waals surface area contributed by atoms with Gasteiger partial charge in [0.05, 0.1) is 18.6 Å². The van der Waals surface area contributed by atoms with E-state index < -0.39 is 5.91 Å². The Kier molecular flexibility index (Phi) is 4.45. The van der Waals surface area contributed by atoms with Gasteiger partial charge in [0.2, 0.25) is 0 Å². The number of rotatable bonds is 5. The molecule has 1 aromatic carbocycles. The lowest BCUT2D eigenvalue weighted by molar-refractivity contribution is 0.0359. The van der Waals surface area contributed by atoms with Crippen molar-refractivity contribution in [2.75, 3.05) is 6.61 Å². The fourth-order valence-corrected chi connectivity index (χ4v) is 2.27. The highest BCUT2D eigenvalue weighted by Crippen LogP contribution is 2.25. The molecule has 0 spiro atoms. The number of carbonyl (C=O) groups excluding carboxylic acids is 1. The van der Waals surface area contributed by atoms with E-state index in [-0.39, 0.29) is 5.69 Å². The lowest BCUT2D eigenvalue weighted by Gasteiger charge is -2.05. The Balaban J connectivity index is 2.06. The molecule has 0 unspecified atom stereocenters. The zero-order valence-corrected chi connectivity index (χ0v) is 13.1. The van der Waals surface area contributed by atoms with E-state index in [1.165, 1.54) is 0 Å². The minimum Gasteiger partial charge on any atom is -0.463 e. The molecular weight excluding hydrogens is 318 g/mol. The molecule has 0 fully saturated rings. The number of amides is 1. The highest BCUT2D eigenvalue weighted by Gasteiger charge is 2.18. The van der Waals surface area contributed by atoms with Gasteiger partial charge in [0, 0.05) is 11.1 Å². The quantitative estimate of drug-likeness (QED) is 0.727. The molecule has 118 valence electrons. The summed E-state index contributed by atoms with van der Waals surface area (Å²) in [7, 11) is 0.